The first-order valence-corrected chi connectivity index (χ1v) is 5.89. The molecule has 3 nitrogen and oxygen atoms in total. The molecule has 2 N–H and O–H groups in total. The average molecular weight is 308 g/mol. The molecule has 0 radical (unpaired) electrons. The van der Waals surface area contributed by atoms with E-state index in [4.69, 9.17) is 5.11 Å². The molecule has 0 aromatic heterocycles. The van der Waals surface area contributed by atoms with Crippen LogP contribution in [0.15, 0.2) is 16.6 Å². The van der Waals surface area contributed by atoms with Crippen molar-refractivity contribution in [1.82, 2.24) is 0 Å². The fraction of sp³-hybridized carbons (Fsp3) is 0.364. The molecule has 0 bridgehead atoms. The number of unbranched alkanes of at least 4 members (excludes halogenated alkanes) is 1. The summed E-state index contributed by atoms with van der Waals surface area (Å²) in [5, 5.41) is 10.9. The number of nitrogens with one attached hydrogen (secondary N) is 1. The Morgan fingerprint density at radius 2 is 2.00 bits per heavy atom. The van der Waals surface area contributed by atoms with E-state index >= 15 is 0 Å². The van der Waals surface area contributed by atoms with Crippen molar-refractivity contribution < 1.29 is 18.7 Å². The van der Waals surface area contributed by atoms with Crippen molar-refractivity contribution in [2.24, 2.45) is 0 Å². The largest absolute Gasteiger partial charge is 0.396 e. The van der Waals surface area contributed by atoms with Gasteiger partial charge in [0, 0.05) is 19.1 Å². The lowest BCUT2D eigenvalue weighted by atomic mass is 10.2. The molecule has 0 unspecified atom stereocenters. The predicted octanol–water partition coefficient (Wildman–Crippen LogP) is 2.83. The molecule has 0 spiro atoms. The van der Waals surface area contributed by atoms with Crippen molar-refractivity contribution in [3.05, 3.63) is 28.2 Å². The highest BCUT2D eigenvalue weighted by molar-refractivity contribution is 9.10. The van der Waals surface area contributed by atoms with E-state index in [1.807, 2.05) is 0 Å². The van der Waals surface area contributed by atoms with Gasteiger partial charge in [0.25, 0.3) is 0 Å². The maximum atomic E-state index is 13.3. The number of aliphatic hydroxyl groups is 1. The highest BCUT2D eigenvalue weighted by Gasteiger charge is 2.10. The Balaban J connectivity index is 2.62. The van der Waals surface area contributed by atoms with Gasteiger partial charge in [0.15, 0.2) is 0 Å². The molecular formula is C11H12BrF2NO2. The molecule has 0 saturated carbocycles. The number of anilines is 1. The van der Waals surface area contributed by atoms with Crippen LogP contribution in [0.1, 0.15) is 19.3 Å². The third-order valence-electron chi connectivity index (χ3n) is 2.10. The second-order valence-corrected chi connectivity index (χ2v) is 4.33. The van der Waals surface area contributed by atoms with Gasteiger partial charge in [-0.15, -0.1) is 0 Å². The van der Waals surface area contributed by atoms with Gasteiger partial charge in [0.1, 0.15) is 11.6 Å². The zero-order chi connectivity index (χ0) is 12.8. The number of aliphatic hydroxyl groups excluding tert-OH is 1. The molecule has 1 aromatic rings. The first-order valence-electron chi connectivity index (χ1n) is 5.10. The summed E-state index contributed by atoms with van der Waals surface area (Å²) in [6.07, 6.45) is 1.23. The molecule has 1 amide bonds. The molecule has 0 aliphatic rings. The van der Waals surface area contributed by atoms with Gasteiger partial charge < -0.3 is 10.4 Å². The fourth-order valence-corrected chi connectivity index (χ4v) is 1.57. The Morgan fingerprint density at radius 3 is 2.65 bits per heavy atom. The molecule has 0 saturated heterocycles. The van der Waals surface area contributed by atoms with E-state index in [9.17, 15) is 13.6 Å². The quantitative estimate of drug-likeness (QED) is 0.649. The highest BCUT2D eigenvalue weighted by Crippen LogP contribution is 2.23. The molecular weight excluding hydrogens is 296 g/mol. The van der Waals surface area contributed by atoms with Gasteiger partial charge in [-0.1, -0.05) is 0 Å². The molecule has 1 aromatic carbocycles. The van der Waals surface area contributed by atoms with Crippen LogP contribution in [-0.2, 0) is 4.79 Å². The Hall–Kier alpha value is -1.01. The van der Waals surface area contributed by atoms with E-state index in [-0.39, 0.29) is 29.1 Å². The number of hydrogen-bond acceptors (Lipinski definition) is 2. The van der Waals surface area contributed by atoms with Crippen LogP contribution in [0.25, 0.3) is 0 Å². The van der Waals surface area contributed by atoms with E-state index in [0.29, 0.717) is 18.9 Å². The van der Waals surface area contributed by atoms with Gasteiger partial charge >= 0.3 is 0 Å². The van der Waals surface area contributed by atoms with Gasteiger partial charge in [-0.2, -0.15) is 0 Å². The number of halogens is 3. The Kier molecular flexibility index (Phi) is 5.50. The van der Waals surface area contributed by atoms with Crippen LogP contribution >= 0.6 is 15.9 Å². The van der Waals surface area contributed by atoms with Crippen molar-refractivity contribution in [3.8, 4) is 0 Å². The van der Waals surface area contributed by atoms with Crippen LogP contribution in [0.5, 0.6) is 0 Å². The van der Waals surface area contributed by atoms with Crippen molar-refractivity contribution in [1.29, 1.82) is 0 Å². The van der Waals surface area contributed by atoms with Crippen LogP contribution in [-0.4, -0.2) is 17.6 Å². The lowest BCUT2D eigenvalue weighted by Crippen LogP contribution is -2.12. The molecule has 1 rings (SSSR count). The zero-order valence-electron chi connectivity index (χ0n) is 8.97. The zero-order valence-corrected chi connectivity index (χ0v) is 10.6. The van der Waals surface area contributed by atoms with E-state index in [0.717, 1.165) is 0 Å². The summed E-state index contributed by atoms with van der Waals surface area (Å²) in [4.78, 5) is 11.4. The van der Waals surface area contributed by atoms with Crippen molar-refractivity contribution in [3.63, 3.8) is 0 Å². The van der Waals surface area contributed by atoms with Gasteiger partial charge in [0.2, 0.25) is 5.91 Å². The molecule has 0 aliphatic carbocycles. The maximum absolute atomic E-state index is 13.3. The smallest absolute Gasteiger partial charge is 0.224 e. The van der Waals surface area contributed by atoms with E-state index in [2.05, 4.69) is 21.2 Å². The lowest BCUT2D eigenvalue weighted by molar-refractivity contribution is -0.116. The highest BCUT2D eigenvalue weighted by atomic mass is 79.9. The van der Waals surface area contributed by atoms with Crippen LogP contribution in [0.2, 0.25) is 0 Å². The summed E-state index contributed by atoms with van der Waals surface area (Å²) < 4.78 is 26.3. The monoisotopic (exact) mass is 307 g/mol. The molecule has 0 fully saturated rings. The first kappa shape index (κ1) is 14.1. The van der Waals surface area contributed by atoms with Gasteiger partial charge in [-0.05, 0) is 34.8 Å². The molecule has 94 valence electrons. The van der Waals surface area contributed by atoms with Gasteiger partial charge in [-0.3, -0.25) is 4.79 Å². The number of carbonyl (C=O) groups is 1. The van der Waals surface area contributed by atoms with Crippen molar-refractivity contribution >= 4 is 27.5 Å². The normalized spacial score (nSPS) is 10.4. The summed E-state index contributed by atoms with van der Waals surface area (Å²) in [6, 6.07) is 1.88. The maximum Gasteiger partial charge on any atom is 0.224 e. The van der Waals surface area contributed by atoms with Gasteiger partial charge in [0.05, 0.1) is 10.2 Å². The molecule has 17 heavy (non-hydrogen) atoms. The van der Waals surface area contributed by atoms with E-state index < -0.39 is 11.6 Å². The Morgan fingerprint density at radius 1 is 1.29 bits per heavy atom. The van der Waals surface area contributed by atoms with Gasteiger partial charge in [-0.25, -0.2) is 8.78 Å². The number of carbonyl (C=O) groups excluding carboxylic acids is 1. The fourth-order valence-electron chi connectivity index (χ4n) is 1.23. The Labute approximate surface area is 106 Å². The summed E-state index contributed by atoms with van der Waals surface area (Å²) in [6.45, 7) is 0.0176. The number of hydrogen-bond donors (Lipinski definition) is 2. The summed E-state index contributed by atoms with van der Waals surface area (Å²) in [5.74, 6) is -1.90. The lowest BCUT2D eigenvalue weighted by Gasteiger charge is -2.07. The minimum Gasteiger partial charge on any atom is -0.396 e. The SMILES string of the molecule is O=C(CCCCO)Nc1cc(Br)c(F)cc1F. The summed E-state index contributed by atoms with van der Waals surface area (Å²) in [7, 11) is 0. The van der Waals surface area contributed by atoms with E-state index in [1.165, 1.54) is 6.07 Å². The van der Waals surface area contributed by atoms with Crippen LogP contribution in [0, 0.1) is 11.6 Å². The van der Waals surface area contributed by atoms with Crippen molar-refractivity contribution in [2.75, 3.05) is 11.9 Å². The third-order valence-corrected chi connectivity index (χ3v) is 2.70. The van der Waals surface area contributed by atoms with Crippen LogP contribution in [0.3, 0.4) is 0 Å². The topological polar surface area (TPSA) is 49.3 Å². The van der Waals surface area contributed by atoms with Crippen LogP contribution < -0.4 is 5.32 Å². The summed E-state index contributed by atoms with van der Waals surface area (Å²) in [5.41, 5.74) is -0.0627. The Bertz CT molecular complexity index is 413. The summed E-state index contributed by atoms with van der Waals surface area (Å²) >= 11 is 2.91. The number of benzene rings is 1. The van der Waals surface area contributed by atoms with Crippen LogP contribution in [0.4, 0.5) is 14.5 Å². The molecule has 0 atom stereocenters. The number of rotatable bonds is 5. The second kappa shape index (κ2) is 6.66. The molecule has 6 heteroatoms. The predicted molar refractivity (Wildman–Crippen MR) is 63.6 cm³/mol. The first-order chi connectivity index (χ1) is 8.04. The third kappa shape index (κ3) is 4.40. The number of amides is 1. The molecule has 0 heterocycles. The minimum atomic E-state index is -0.818. The minimum absolute atomic E-state index is 0.0176. The average Bonchev–Trinajstić information content (AvgIpc) is 2.26. The molecule has 0 aliphatic heterocycles. The van der Waals surface area contributed by atoms with E-state index in [1.54, 1.807) is 0 Å². The van der Waals surface area contributed by atoms with Crippen molar-refractivity contribution in [2.45, 2.75) is 19.3 Å². The second-order valence-electron chi connectivity index (χ2n) is 3.48. The standard InChI is InChI=1S/C11H12BrF2NO2/c12-7-5-10(9(14)6-8(7)13)15-11(17)3-1-2-4-16/h5-6,16H,1-4H2,(H,15,17).